The molecule has 1 fully saturated rings. The van der Waals surface area contributed by atoms with Crippen LogP contribution >= 0.6 is 0 Å². The van der Waals surface area contributed by atoms with Gasteiger partial charge < -0.3 is 4.84 Å². The van der Waals surface area contributed by atoms with E-state index in [1.165, 1.54) is 25.8 Å². The monoisotopic (exact) mass is 200 g/mol. The molecular weight excluding hydrogens is 176 g/mol. The molecule has 0 saturated carbocycles. The third-order valence-electron chi connectivity index (χ3n) is 3.03. The number of nitrogens with zero attached hydrogens (tertiary/aromatic N) is 1. The molecule has 3 heteroatoms. The minimum absolute atomic E-state index is 0.676. The third kappa shape index (κ3) is 3.56. The Balaban J connectivity index is 2.30. The molecule has 0 bridgehead atoms. The first-order valence-electron chi connectivity index (χ1n) is 5.80. The van der Waals surface area contributed by atoms with Crippen LogP contribution < -0.4 is 5.48 Å². The van der Waals surface area contributed by atoms with E-state index >= 15 is 0 Å². The molecule has 0 spiro atoms. The topological polar surface area (TPSA) is 24.5 Å². The van der Waals surface area contributed by atoms with Crippen molar-refractivity contribution in [3.05, 3.63) is 0 Å². The number of nitrogens with one attached hydrogen (secondary N) is 1. The van der Waals surface area contributed by atoms with Crippen LogP contribution in [0.3, 0.4) is 0 Å². The van der Waals surface area contributed by atoms with E-state index in [2.05, 4.69) is 24.2 Å². The number of hydrogen-bond donors (Lipinski definition) is 1. The Morgan fingerprint density at radius 2 is 2.21 bits per heavy atom. The van der Waals surface area contributed by atoms with E-state index in [4.69, 9.17) is 4.84 Å². The van der Waals surface area contributed by atoms with E-state index in [9.17, 15) is 0 Å². The smallest absolute Gasteiger partial charge is 0.0696 e. The Morgan fingerprint density at radius 1 is 1.43 bits per heavy atom. The van der Waals surface area contributed by atoms with Crippen LogP contribution in [0.15, 0.2) is 0 Å². The van der Waals surface area contributed by atoms with Gasteiger partial charge in [0.15, 0.2) is 0 Å². The minimum Gasteiger partial charge on any atom is -0.302 e. The zero-order chi connectivity index (χ0) is 10.4. The van der Waals surface area contributed by atoms with Crippen LogP contribution in [0.25, 0.3) is 0 Å². The van der Waals surface area contributed by atoms with Gasteiger partial charge >= 0.3 is 0 Å². The first kappa shape index (κ1) is 12.0. The summed E-state index contributed by atoms with van der Waals surface area (Å²) in [6.07, 6.45) is 5.24. The predicted octanol–water partition coefficient (Wildman–Crippen LogP) is 1.79. The van der Waals surface area contributed by atoms with Gasteiger partial charge in [-0.3, -0.25) is 4.90 Å². The second-order valence-corrected chi connectivity index (χ2v) is 4.32. The van der Waals surface area contributed by atoms with Gasteiger partial charge in [-0.1, -0.05) is 6.42 Å². The Labute approximate surface area is 87.8 Å². The summed E-state index contributed by atoms with van der Waals surface area (Å²) in [5.74, 6) is 0. The summed E-state index contributed by atoms with van der Waals surface area (Å²) >= 11 is 0. The summed E-state index contributed by atoms with van der Waals surface area (Å²) in [4.78, 5) is 7.80. The van der Waals surface area contributed by atoms with Gasteiger partial charge in [-0.15, -0.1) is 0 Å². The highest BCUT2D eigenvalue weighted by Gasteiger charge is 2.23. The lowest BCUT2D eigenvalue weighted by Crippen LogP contribution is -2.44. The average molecular weight is 200 g/mol. The first-order chi connectivity index (χ1) is 6.75. The normalized spacial score (nSPS) is 24.4. The molecule has 3 nitrogen and oxygen atoms in total. The van der Waals surface area contributed by atoms with Crippen molar-refractivity contribution < 1.29 is 4.84 Å². The molecule has 1 saturated heterocycles. The summed E-state index contributed by atoms with van der Waals surface area (Å²) in [6.45, 7) is 6.67. The highest BCUT2D eigenvalue weighted by atomic mass is 16.6. The standard InChI is InChI=1S/C11H24N2O/c1-10(2)13-8-5-4-6-11(13)7-9-14-12-3/h10-12H,4-9H2,1-3H3. The summed E-state index contributed by atoms with van der Waals surface area (Å²) in [5, 5.41) is 0. The maximum atomic E-state index is 5.19. The lowest BCUT2D eigenvalue weighted by atomic mass is 9.98. The van der Waals surface area contributed by atoms with Crippen LogP contribution in [0.4, 0.5) is 0 Å². The van der Waals surface area contributed by atoms with Gasteiger partial charge in [-0.05, 0) is 39.7 Å². The zero-order valence-corrected chi connectivity index (χ0v) is 9.75. The summed E-state index contributed by atoms with van der Waals surface area (Å²) in [5.41, 5.74) is 2.73. The van der Waals surface area contributed by atoms with Gasteiger partial charge in [0.05, 0.1) is 6.61 Å². The van der Waals surface area contributed by atoms with Gasteiger partial charge in [0.1, 0.15) is 0 Å². The number of hydrogen-bond acceptors (Lipinski definition) is 3. The molecule has 0 amide bonds. The molecule has 1 rings (SSSR count). The third-order valence-corrected chi connectivity index (χ3v) is 3.03. The molecule has 0 aliphatic carbocycles. The summed E-state index contributed by atoms with van der Waals surface area (Å²) < 4.78 is 0. The molecule has 0 aromatic carbocycles. The van der Waals surface area contributed by atoms with Gasteiger partial charge in [-0.2, -0.15) is 0 Å². The van der Waals surface area contributed by atoms with Crippen LogP contribution in [-0.4, -0.2) is 37.2 Å². The molecule has 0 aromatic rings. The van der Waals surface area contributed by atoms with E-state index in [1.54, 1.807) is 0 Å². The Bertz CT molecular complexity index is 150. The molecule has 1 atom stereocenters. The SMILES string of the molecule is CNOCCC1CCCCN1C(C)C. The lowest BCUT2D eigenvalue weighted by molar-refractivity contribution is 0.0251. The molecule has 0 aromatic heterocycles. The second-order valence-electron chi connectivity index (χ2n) is 4.32. The fraction of sp³-hybridized carbons (Fsp3) is 1.00. The molecule has 0 radical (unpaired) electrons. The summed E-state index contributed by atoms with van der Waals surface area (Å²) in [7, 11) is 1.82. The van der Waals surface area contributed by atoms with Crippen molar-refractivity contribution in [3.8, 4) is 0 Å². The number of hydroxylamine groups is 1. The van der Waals surface area contributed by atoms with Crippen LogP contribution in [-0.2, 0) is 4.84 Å². The van der Waals surface area contributed by atoms with Crippen molar-refractivity contribution in [3.63, 3.8) is 0 Å². The molecule has 1 heterocycles. The first-order valence-corrected chi connectivity index (χ1v) is 5.80. The maximum Gasteiger partial charge on any atom is 0.0696 e. The van der Waals surface area contributed by atoms with Crippen molar-refractivity contribution in [1.29, 1.82) is 0 Å². The fourth-order valence-electron chi connectivity index (χ4n) is 2.31. The van der Waals surface area contributed by atoms with Crippen LogP contribution in [0, 0.1) is 0 Å². The van der Waals surface area contributed by atoms with Crippen LogP contribution in [0.2, 0.25) is 0 Å². The van der Waals surface area contributed by atoms with Crippen molar-refractivity contribution in [2.75, 3.05) is 20.2 Å². The zero-order valence-electron chi connectivity index (χ0n) is 9.75. The number of likely N-dealkylation sites (tertiary alicyclic amines) is 1. The largest absolute Gasteiger partial charge is 0.302 e. The highest BCUT2D eigenvalue weighted by molar-refractivity contribution is 4.78. The van der Waals surface area contributed by atoms with E-state index in [0.717, 1.165) is 19.1 Å². The Kier molecular flexibility index (Phi) is 5.45. The highest BCUT2D eigenvalue weighted by Crippen LogP contribution is 2.21. The van der Waals surface area contributed by atoms with Crippen molar-refractivity contribution in [2.45, 2.75) is 51.6 Å². The van der Waals surface area contributed by atoms with E-state index in [-0.39, 0.29) is 0 Å². The second kappa shape index (κ2) is 6.38. The van der Waals surface area contributed by atoms with Crippen molar-refractivity contribution in [1.82, 2.24) is 10.4 Å². The van der Waals surface area contributed by atoms with E-state index < -0.39 is 0 Å². The maximum absolute atomic E-state index is 5.19. The molecule has 1 unspecified atom stereocenters. The number of piperidine rings is 1. The molecule has 1 aliphatic heterocycles. The molecule has 84 valence electrons. The molecule has 14 heavy (non-hydrogen) atoms. The number of rotatable bonds is 5. The average Bonchev–Trinajstić information content (AvgIpc) is 2.19. The fourth-order valence-corrected chi connectivity index (χ4v) is 2.31. The Morgan fingerprint density at radius 3 is 2.86 bits per heavy atom. The Hall–Kier alpha value is -0.120. The predicted molar refractivity (Wildman–Crippen MR) is 59.1 cm³/mol. The molecule has 1 N–H and O–H groups in total. The van der Waals surface area contributed by atoms with Gasteiger partial charge in [0.2, 0.25) is 0 Å². The van der Waals surface area contributed by atoms with Crippen LogP contribution in [0.5, 0.6) is 0 Å². The van der Waals surface area contributed by atoms with Gasteiger partial charge in [0.25, 0.3) is 0 Å². The van der Waals surface area contributed by atoms with Crippen molar-refractivity contribution in [2.24, 2.45) is 0 Å². The lowest BCUT2D eigenvalue weighted by Gasteiger charge is -2.38. The minimum atomic E-state index is 0.676. The van der Waals surface area contributed by atoms with Crippen LogP contribution in [0.1, 0.15) is 39.5 Å². The van der Waals surface area contributed by atoms with Crippen molar-refractivity contribution >= 4 is 0 Å². The quantitative estimate of drug-likeness (QED) is 0.541. The summed E-state index contributed by atoms with van der Waals surface area (Å²) in [6, 6.07) is 1.41. The van der Waals surface area contributed by atoms with Gasteiger partial charge in [0, 0.05) is 19.1 Å². The van der Waals surface area contributed by atoms with E-state index in [0.29, 0.717) is 6.04 Å². The van der Waals surface area contributed by atoms with Gasteiger partial charge in [-0.25, -0.2) is 5.48 Å². The van der Waals surface area contributed by atoms with E-state index in [1.807, 2.05) is 7.05 Å². The molecular formula is C11H24N2O. The molecule has 1 aliphatic rings.